The molecule has 2 aliphatic rings. The second kappa shape index (κ2) is 11.7. The zero-order valence-corrected chi connectivity index (χ0v) is 20.6. The average molecular weight is 485 g/mol. The zero-order chi connectivity index (χ0) is 24.8. The van der Waals surface area contributed by atoms with E-state index in [1.54, 1.807) is 6.20 Å². The van der Waals surface area contributed by atoms with Gasteiger partial charge in [0.1, 0.15) is 5.75 Å². The molecule has 0 saturated carbocycles. The van der Waals surface area contributed by atoms with Gasteiger partial charge in [-0.05, 0) is 42.5 Å². The van der Waals surface area contributed by atoms with Gasteiger partial charge < -0.3 is 9.84 Å². The number of rotatable bonds is 12. The lowest BCUT2D eigenvalue weighted by Crippen LogP contribution is -2.44. The summed E-state index contributed by atoms with van der Waals surface area (Å²) in [5.41, 5.74) is 2.12. The largest absolute Gasteiger partial charge is 0.493 e. The summed E-state index contributed by atoms with van der Waals surface area (Å²) in [4.78, 5) is 33.6. The Morgan fingerprint density at radius 1 is 1.29 bits per heavy atom. The van der Waals surface area contributed by atoms with Crippen molar-refractivity contribution in [2.24, 2.45) is 5.92 Å². The number of benzene rings is 1. The molecule has 2 aliphatic heterocycles. The predicted molar refractivity (Wildman–Crippen MR) is 130 cm³/mol. The molecule has 0 spiro atoms. The van der Waals surface area contributed by atoms with Crippen molar-refractivity contribution in [1.29, 1.82) is 0 Å². The van der Waals surface area contributed by atoms with Crippen LogP contribution in [0.15, 0.2) is 36.7 Å². The van der Waals surface area contributed by atoms with Crippen molar-refractivity contribution >= 4 is 11.9 Å². The maximum atomic E-state index is 13.2. The number of carbonyl (C=O) groups excluding carboxylic acids is 1. The smallest absolute Gasteiger partial charge is 0.308 e. The van der Waals surface area contributed by atoms with E-state index in [2.05, 4.69) is 11.2 Å². The molecule has 35 heavy (non-hydrogen) atoms. The second-order valence-electron chi connectivity index (χ2n) is 9.32. The number of carboxylic acids is 1. The first kappa shape index (κ1) is 25.2. The van der Waals surface area contributed by atoms with Crippen molar-refractivity contribution in [1.82, 2.24) is 19.7 Å². The van der Waals surface area contributed by atoms with Crippen LogP contribution in [0.1, 0.15) is 50.2 Å². The molecule has 1 unspecified atom stereocenters. The van der Waals surface area contributed by atoms with Crippen molar-refractivity contribution < 1.29 is 24.3 Å². The number of aryl methyl sites for hydroxylation is 1. The number of nitrogens with zero attached hydrogens (tertiary/aromatic N) is 4. The minimum absolute atomic E-state index is 0.127. The van der Waals surface area contributed by atoms with Gasteiger partial charge in [0.2, 0.25) is 0 Å². The number of aromatic nitrogens is 2. The predicted octanol–water partition coefficient (Wildman–Crippen LogP) is 2.96. The molecule has 9 nitrogen and oxygen atoms in total. The summed E-state index contributed by atoms with van der Waals surface area (Å²) < 4.78 is 7.46. The molecule has 1 aromatic carbocycles. The fraction of sp³-hybridized carbons (Fsp3) is 0.577. The first-order valence-corrected chi connectivity index (χ1v) is 12.6. The number of carboxylic acid groups (broad SMARTS) is 1. The molecule has 0 radical (unpaired) electrons. The molecule has 1 fully saturated rings. The van der Waals surface area contributed by atoms with Crippen LogP contribution in [-0.4, -0.2) is 75.6 Å². The Kier molecular flexibility index (Phi) is 8.41. The Bertz CT molecular complexity index is 996. The monoisotopic (exact) mass is 484 g/mol. The zero-order valence-electron chi connectivity index (χ0n) is 20.6. The summed E-state index contributed by atoms with van der Waals surface area (Å²) in [5.74, 6) is -0.930. The molecule has 3 atom stereocenters. The number of carbonyl (C=O) groups is 2. The minimum atomic E-state index is -0.834. The van der Waals surface area contributed by atoms with E-state index in [1.165, 1.54) is 5.06 Å². The standard InChI is InChI=1S/C26H36N4O5/c1-3-11-30(35-14-4-2)24(31)18-28-17-21(19-6-7-23-20(16-19)9-15-34-23)25(26(32)33)22(28)8-13-29-12-5-10-27-29/h5-7,10,12,16,21-22,25H,3-4,8-9,11,13-15,17-18H2,1-2H3,(H,32,33)/t21-,22?,25-/m1/s1. The number of ether oxygens (including phenoxy) is 1. The van der Waals surface area contributed by atoms with E-state index < -0.39 is 11.9 Å². The summed E-state index contributed by atoms with van der Waals surface area (Å²) in [6, 6.07) is 7.57. The highest BCUT2D eigenvalue weighted by molar-refractivity contribution is 5.78. The third-order valence-corrected chi connectivity index (χ3v) is 6.88. The van der Waals surface area contributed by atoms with Gasteiger partial charge in [-0.2, -0.15) is 5.10 Å². The molecule has 1 saturated heterocycles. The maximum Gasteiger partial charge on any atom is 0.308 e. The van der Waals surface area contributed by atoms with Crippen molar-refractivity contribution in [3.8, 4) is 5.75 Å². The van der Waals surface area contributed by atoms with Crippen LogP contribution in [0.5, 0.6) is 5.75 Å². The quantitative estimate of drug-likeness (QED) is 0.463. The van der Waals surface area contributed by atoms with Crippen LogP contribution in [0.25, 0.3) is 0 Å². The van der Waals surface area contributed by atoms with E-state index in [0.717, 1.165) is 36.1 Å². The Morgan fingerprint density at radius 3 is 2.86 bits per heavy atom. The van der Waals surface area contributed by atoms with Gasteiger partial charge in [-0.3, -0.25) is 24.0 Å². The third-order valence-electron chi connectivity index (χ3n) is 6.88. The van der Waals surface area contributed by atoms with Crippen LogP contribution in [0.4, 0.5) is 0 Å². The number of hydrogen-bond donors (Lipinski definition) is 1. The number of likely N-dealkylation sites (tertiary alicyclic amines) is 1. The second-order valence-corrected chi connectivity index (χ2v) is 9.32. The van der Waals surface area contributed by atoms with Gasteiger partial charge >= 0.3 is 5.97 Å². The number of fused-ring (bicyclic) bond motifs is 1. The normalized spacial score (nSPS) is 21.6. The minimum Gasteiger partial charge on any atom is -0.493 e. The van der Waals surface area contributed by atoms with Gasteiger partial charge in [0, 0.05) is 50.4 Å². The summed E-state index contributed by atoms with van der Waals surface area (Å²) in [5, 5.41) is 16.1. The van der Waals surface area contributed by atoms with Crippen molar-refractivity contribution in [3.63, 3.8) is 0 Å². The summed E-state index contributed by atoms with van der Waals surface area (Å²) >= 11 is 0. The molecular weight excluding hydrogens is 448 g/mol. The van der Waals surface area contributed by atoms with Gasteiger partial charge in [0.15, 0.2) is 0 Å². The van der Waals surface area contributed by atoms with Gasteiger partial charge in [-0.15, -0.1) is 0 Å². The van der Waals surface area contributed by atoms with Crippen LogP contribution >= 0.6 is 0 Å². The van der Waals surface area contributed by atoms with Gasteiger partial charge in [-0.1, -0.05) is 26.0 Å². The molecule has 1 N–H and O–H groups in total. The van der Waals surface area contributed by atoms with Gasteiger partial charge in [0.05, 0.1) is 25.7 Å². The molecule has 2 aromatic rings. The van der Waals surface area contributed by atoms with Crippen LogP contribution in [0.3, 0.4) is 0 Å². The highest BCUT2D eigenvalue weighted by atomic mass is 16.7. The van der Waals surface area contributed by atoms with E-state index in [-0.39, 0.29) is 24.4 Å². The first-order chi connectivity index (χ1) is 17.0. The molecule has 0 aliphatic carbocycles. The number of hydroxylamine groups is 2. The van der Waals surface area contributed by atoms with E-state index >= 15 is 0 Å². The molecule has 190 valence electrons. The number of amides is 1. The molecule has 4 rings (SSSR count). The maximum absolute atomic E-state index is 13.2. The molecule has 3 heterocycles. The third kappa shape index (κ3) is 5.85. The Labute approximate surface area is 206 Å². The van der Waals surface area contributed by atoms with E-state index in [0.29, 0.717) is 39.3 Å². The van der Waals surface area contributed by atoms with Gasteiger partial charge in [-0.25, -0.2) is 5.06 Å². The summed E-state index contributed by atoms with van der Waals surface area (Å²) in [6.07, 6.45) is 6.61. The lowest BCUT2D eigenvalue weighted by molar-refractivity contribution is -0.188. The van der Waals surface area contributed by atoms with Crippen LogP contribution in [-0.2, 0) is 27.4 Å². The lowest BCUT2D eigenvalue weighted by Gasteiger charge is -2.29. The van der Waals surface area contributed by atoms with Crippen molar-refractivity contribution in [2.75, 3.05) is 32.8 Å². The highest BCUT2D eigenvalue weighted by Crippen LogP contribution is 2.41. The topological polar surface area (TPSA) is 97.1 Å². The van der Waals surface area contributed by atoms with E-state index in [4.69, 9.17) is 9.57 Å². The highest BCUT2D eigenvalue weighted by Gasteiger charge is 2.47. The Balaban J connectivity index is 1.58. The SMILES string of the molecule is CCCON(CCC)C(=O)CN1C[C@H](c2ccc3c(c2)CCO3)[C@@H](C(=O)O)C1CCn1cccn1. The Morgan fingerprint density at radius 2 is 2.14 bits per heavy atom. The summed E-state index contributed by atoms with van der Waals surface area (Å²) in [7, 11) is 0. The summed E-state index contributed by atoms with van der Waals surface area (Å²) in [6.45, 7) is 6.87. The van der Waals surface area contributed by atoms with Crippen LogP contribution in [0, 0.1) is 5.92 Å². The Hall–Kier alpha value is -2.91. The molecule has 9 heteroatoms. The number of hydrogen-bond acceptors (Lipinski definition) is 6. The molecular formula is C26H36N4O5. The van der Waals surface area contributed by atoms with Crippen molar-refractivity contribution in [3.05, 3.63) is 47.8 Å². The van der Waals surface area contributed by atoms with Gasteiger partial charge in [0.25, 0.3) is 5.91 Å². The molecule has 1 amide bonds. The van der Waals surface area contributed by atoms with E-state index in [9.17, 15) is 14.7 Å². The van der Waals surface area contributed by atoms with Crippen LogP contribution < -0.4 is 4.74 Å². The van der Waals surface area contributed by atoms with Crippen molar-refractivity contribution in [2.45, 2.75) is 58.0 Å². The fourth-order valence-electron chi connectivity index (χ4n) is 5.24. The molecule has 1 aromatic heterocycles. The average Bonchev–Trinajstić information content (AvgIpc) is 3.59. The fourth-order valence-corrected chi connectivity index (χ4v) is 5.24. The van der Waals surface area contributed by atoms with E-state index in [1.807, 2.05) is 47.8 Å². The lowest BCUT2D eigenvalue weighted by atomic mass is 9.83. The molecule has 0 bridgehead atoms. The van der Waals surface area contributed by atoms with Crippen LogP contribution in [0.2, 0.25) is 0 Å². The number of aliphatic carboxylic acids is 1. The first-order valence-electron chi connectivity index (χ1n) is 12.6.